The zero-order chi connectivity index (χ0) is 29.2. The number of nitrogens with zero attached hydrogens (tertiary/aromatic N) is 3. The van der Waals surface area contributed by atoms with Crippen LogP contribution in [0.3, 0.4) is 0 Å². The minimum Gasteiger partial charge on any atom is -0.491 e. The van der Waals surface area contributed by atoms with Crippen LogP contribution in [-0.2, 0) is 27.8 Å². The predicted molar refractivity (Wildman–Crippen MR) is 147 cm³/mol. The third-order valence-corrected chi connectivity index (χ3v) is 7.47. The first kappa shape index (κ1) is 29.5. The van der Waals surface area contributed by atoms with E-state index in [9.17, 15) is 27.1 Å². The molecular formula is C29H28F2N4O5S. The molecule has 0 aliphatic carbocycles. The van der Waals surface area contributed by atoms with E-state index >= 15 is 0 Å². The summed E-state index contributed by atoms with van der Waals surface area (Å²) in [6, 6.07) is 20.5. The molecule has 0 fully saturated rings. The van der Waals surface area contributed by atoms with E-state index in [0.29, 0.717) is 43.1 Å². The van der Waals surface area contributed by atoms with Gasteiger partial charge in [0, 0.05) is 37.1 Å². The smallest absolute Gasteiger partial charge is 0.264 e. The molecule has 2 N–H and O–H groups in total. The van der Waals surface area contributed by atoms with Gasteiger partial charge in [0.05, 0.1) is 24.6 Å². The molecule has 0 unspecified atom stereocenters. The first-order valence-corrected chi connectivity index (χ1v) is 14.2. The van der Waals surface area contributed by atoms with Gasteiger partial charge in [0.15, 0.2) is 11.6 Å². The first-order chi connectivity index (χ1) is 19.7. The number of hydrogen-bond acceptors (Lipinski definition) is 7. The summed E-state index contributed by atoms with van der Waals surface area (Å²) in [6.07, 6.45) is 3.45. The molecule has 0 atom stereocenters. The average Bonchev–Trinajstić information content (AvgIpc) is 3.47. The first-order valence-electron chi connectivity index (χ1n) is 12.7. The lowest BCUT2D eigenvalue weighted by Crippen LogP contribution is -2.31. The summed E-state index contributed by atoms with van der Waals surface area (Å²) >= 11 is 0. The fourth-order valence-corrected chi connectivity index (χ4v) is 5.09. The van der Waals surface area contributed by atoms with Crippen molar-refractivity contribution in [3.8, 4) is 5.75 Å². The molecule has 1 aromatic heterocycles. The van der Waals surface area contributed by atoms with Crippen LogP contribution in [0.4, 0.5) is 14.5 Å². The van der Waals surface area contributed by atoms with Crippen molar-refractivity contribution in [2.45, 2.75) is 24.3 Å². The molecule has 9 nitrogen and oxygen atoms in total. The maximum Gasteiger partial charge on any atom is 0.264 e. The van der Waals surface area contributed by atoms with Crippen LogP contribution >= 0.6 is 0 Å². The van der Waals surface area contributed by atoms with Gasteiger partial charge in [-0.05, 0) is 60.0 Å². The van der Waals surface area contributed by atoms with Crippen molar-refractivity contribution in [2.75, 3.05) is 31.2 Å². The Bertz CT molecular complexity index is 1550. The monoisotopic (exact) mass is 582 g/mol. The van der Waals surface area contributed by atoms with E-state index in [2.05, 4.69) is 17.2 Å². The predicted octanol–water partition coefficient (Wildman–Crippen LogP) is 3.13. The number of aromatic nitrogens is 2. The van der Waals surface area contributed by atoms with Gasteiger partial charge in [0.25, 0.3) is 10.0 Å². The highest BCUT2D eigenvalue weighted by molar-refractivity contribution is 7.90. The number of amides is 1. The third kappa shape index (κ3) is 8.26. The SMILES string of the molecule is O=C(CCc1ccc(Cn2cccn2)cc1OCCN(CCO)c1cc#ccc1)NS(=O)(=O)c1ccc(F)c(F)c1. The van der Waals surface area contributed by atoms with Crippen molar-refractivity contribution >= 4 is 21.6 Å². The molecule has 0 spiro atoms. The summed E-state index contributed by atoms with van der Waals surface area (Å²) in [7, 11) is -4.38. The highest BCUT2D eigenvalue weighted by Gasteiger charge is 2.20. The zero-order valence-corrected chi connectivity index (χ0v) is 22.8. The maximum absolute atomic E-state index is 13.5. The van der Waals surface area contributed by atoms with Crippen LogP contribution in [0.15, 0.2) is 78.0 Å². The van der Waals surface area contributed by atoms with Crippen molar-refractivity contribution in [1.82, 2.24) is 14.5 Å². The summed E-state index contributed by atoms with van der Waals surface area (Å²) in [5.41, 5.74) is 2.43. The van der Waals surface area contributed by atoms with Gasteiger partial charge in [-0.3, -0.25) is 9.48 Å². The summed E-state index contributed by atoms with van der Waals surface area (Å²) in [6.45, 7) is 1.54. The van der Waals surface area contributed by atoms with Gasteiger partial charge in [0.1, 0.15) is 12.4 Å². The van der Waals surface area contributed by atoms with Crippen LogP contribution in [0.5, 0.6) is 5.75 Å². The van der Waals surface area contributed by atoms with E-state index < -0.39 is 32.5 Å². The number of anilines is 1. The average molecular weight is 583 g/mol. The van der Waals surface area contributed by atoms with Gasteiger partial charge in [-0.1, -0.05) is 24.3 Å². The normalized spacial score (nSPS) is 11.1. The van der Waals surface area contributed by atoms with E-state index in [4.69, 9.17) is 4.74 Å². The molecule has 0 radical (unpaired) electrons. The molecule has 0 bridgehead atoms. The number of nitrogens with one attached hydrogen (secondary N) is 1. The lowest BCUT2D eigenvalue weighted by atomic mass is 10.1. The lowest BCUT2D eigenvalue weighted by molar-refractivity contribution is -0.119. The van der Waals surface area contributed by atoms with Crippen molar-refractivity contribution in [2.24, 2.45) is 0 Å². The van der Waals surface area contributed by atoms with Gasteiger partial charge in [-0.25, -0.2) is 21.9 Å². The van der Waals surface area contributed by atoms with Crippen molar-refractivity contribution in [1.29, 1.82) is 0 Å². The number of hydrogen-bond donors (Lipinski definition) is 2. The number of aliphatic hydroxyl groups excluding tert-OH is 1. The Hall–Kier alpha value is -4.47. The molecule has 0 aliphatic heterocycles. The Kier molecular flexibility index (Phi) is 9.89. The van der Waals surface area contributed by atoms with Crippen molar-refractivity contribution in [3.05, 3.63) is 108 Å². The van der Waals surface area contributed by atoms with Crippen LogP contribution in [0.25, 0.3) is 0 Å². The molecule has 3 aromatic carbocycles. The minimum absolute atomic E-state index is 0.0498. The van der Waals surface area contributed by atoms with E-state index in [-0.39, 0.29) is 26.1 Å². The van der Waals surface area contributed by atoms with E-state index in [1.54, 1.807) is 29.1 Å². The van der Waals surface area contributed by atoms with Gasteiger partial charge >= 0.3 is 0 Å². The fourth-order valence-electron chi connectivity index (χ4n) is 4.06. The molecule has 1 heterocycles. The second-order valence-corrected chi connectivity index (χ2v) is 10.7. The standard InChI is InChI=1S/C29H28F2N4O5S/c30-26-11-10-25(20-27(26)31)41(38,39)33-29(37)12-9-23-8-7-22(21-35-14-4-13-32-35)19-28(23)40-18-16-34(15-17-36)24-5-2-1-3-6-24/h2,4-8,10-11,13-14,19-20,36H,9,12,15-18,21H2,(H,33,37). The molecule has 0 saturated carbocycles. The van der Waals surface area contributed by atoms with Gasteiger partial charge in [-0.15, -0.1) is 0 Å². The van der Waals surface area contributed by atoms with Crippen LogP contribution < -0.4 is 14.4 Å². The van der Waals surface area contributed by atoms with Crippen molar-refractivity contribution < 1.29 is 31.8 Å². The van der Waals surface area contributed by atoms with Gasteiger partial charge in [0.2, 0.25) is 5.91 Å². The second kappa shape index (κ2) is 13.7. The summed E-state index contributed by atoms with van der Waals surface area (Å²) in [5, 5.41) is 13.7. The summed E-state index contributed by atoms with van der Waals surface area (Å²) in [4.78, 5) is 13.9. The van der Waals surface area contributed by atoms with E-state index in [1.807, 2.05) is 40.1 Å². The maximum atomic E-state index is 13.5. The minimum atomic E-state index is -4.38. The summed E-state index contributed by atoms with van der Waals surface area (Å²) in [5.74, 6) is -2.83. The van der Waals surface area contributed by atoms with E-state index in [1.165, 1.54) is 0 Å². The number of benzene rings is 2. The Morgan fingerprint density at radius 3 is 2.66 bits per heavy atom. The molecule has 4 aromatic rings. The zero-order valence-electron chi connectivity index (χ0n) is 22.0. The van der Waals surface area contributed by atoms with Gasteiger partial charge in [-0.2, -0.15) is 5.10 Å². The Labute approximate surface area is 237 Å². The van der Waals surface area contributed by atoms with Crippen LogP contribution in [0.2, 0.25) is 0 Å². The molecular weight excluding hydrogens is 554 g/mol. The largest absolute Gasteiger partial charge is 0.491 e. The second-order valence-electron chi connectivity index (χ2n) is 9.00. The summed E-state index contributed by atoms with van der Waals surface area (Å²) < 4.78 is 61.4. The topological polar surface area (TPSA) is 114 Å². The fraction of sp³-hybridized carbons (Fsp3) is 0.241. The van der Waals surface area contributed by atoms with E-state index in [0.717, 1.165) is 17.3 Å². The van der Waals surface area contributed by atoms with Crippen LogP contribution in [0.1, 0.15) is 17.5 Å². The number of sulfonamides is 1. The Morgan fingerprint density at radius 1 is 1.10 bits per heavy atom. The molecule has 41 heavy (non-hydrogen) atoms. The lowest BCUT2D eigenvalue weighted by Gasteiger charge is -2.24. The number of halogens is 2. The Balaban J connectivity index is 1.45. The third-order valence-electron chi connectivity index (χ3n) is 6.10. The molecule has 214 valence electrons. The molecule has 0 aliphatic rings. The van der Waals surface area contributed by atoms with Gasteiger partial charge < -0.3 is 14.7 Å². The number of aliphatic hydroxyl groups is 1. The number of carbonyl (C=O) groups is 1. The molecule has 0 saturated heterocycles. The molecule has 1 amide bonds. The number of carbonyl (C=O) groups excluding carboxylic acids is 1. The highest BCUT2D eigenvalue weighted by Crippen LogP contribution is 2.24. The Morgan fingerprint density at radius 2 is 1.95 bits per heavy atom. The number of rotatable bonds is 14. The number of aryl methyl sites for hydroxylation is 1. The molecule has 12 heteroatoms. The molecule has 4 rings (SSSR count). The number of ether oxygens (including phenoxy) is 1. The highest BCUT2D eigenvalue weighted by atomic mass is 32.2. The van der Waals surface area contributed by atoms with Crippen LogP contribution in [-0.4, -0.2) is 55.5 Å². The van der Waals surface area contributed by atoms with Crippen LogP contribution in [0, 0.1) is 23.8 Å². The van der Waals surface area contributed by atoms with Crippen molar-refractivity contribution in [3.63, 3.8) is 0 Å². The quantitative estimate of drug-likeness (QED) is 0.235.